The molecule has 1 aromatic rings. The Morgan fingerprint density at radius 3 is 2.12 bits per heavy atom. The molecule has 3 nitrogen and oxygen atoms in total. The molecule has 0 aromatic heterocycles. The van der Waals surface area contributed by atoms with Gasteiger partial charge >= 0.3 is 5.97 Å². The van der Waals surface area contributed by atoms with Gasteiger partial charge in [-0.05, 0) is 25.0 Å². The van der Waals surface area contributed by atoms with Crippen molar-refractivity contribution < 1.29 is 9.90 Å². The normalized spacial score (nSPS) is 12.6. The zero-order chi connectivity index (χ0) is 12.3. The lowest BCUT2D eigenvalue weighted by atomic mass is 10.0. The molecule has 0 bridgehead atoms. The van der Waals surface area contributed by atoms with Crippen LogP contribution < -0.4 is 4.90 Å². The van der Waals surface area contributed by atoms with Crippen LogP contribution in [0.15, 0.2) is 24.3 Å². The largest absolute Gasteiger partial charge is 0.480 e. The van der Waals surface area contributed by atoms with Crippen molar-refractivity contribution >= 4 is 11.7 Å². The van der Waals surface area contributed by atoms with Gasteiger partial charge in [-0.1, -0.05) is 31.5 Å². The first-order valence-electron chi connectivity index (χ1n) is 5.45. The lowest BCUT2D eigenvalue weighted by Gasteiger charge is -2.29. The summed E-state index contributed by atoms with van der Waals surface area (Å²) < 4.78 is 0. The van der Waals surface area contributed by atoms with Crippen LogP contribution in [0.25, 0.3) is 0 Å². The van der Waals surface area contributed by atoms with Gasteiger partial charge in [-0.15, -0.1) is 0 Å². The van der Waals surface area contributed by atoms with Crippen LogP contribution in [0.4, 0.5) is 5.69 Å². The Labute approximate surface area is 96.7 Å². The van der Waals surface area contributed by atoms with Crippen LogP contribution in [0.1, 0.15) is 19.4 Å². The van der Waals surface area contributed by atoms with E-state index in [0.717, 1.165) is 5.69 Å². The van der Waals surface area contributed by atoms with Crippen molar-refractivity contribution in [2.45, 2.75) is 26.8 Å². The molecular formula is C13H19NO2. The topological polar surface area (TPSA) is 40.5 Å². The Hall–Kier alpha value is -1.51. The van der Waals surface area contributed by atoms with Crippen LogP contribution in [-0.2, 0) is 4.79 Å². The molecule has 0 radical (unpaired) electrons. The van der Waals surface area contributed by atoms with Gasteiger partial charge < -0.3 is 10.0 Å². The average molecular weight is 221 g/mol. The first-order valence-corrected chi connectivity index (χ1v) is 5.45. The van der Waals surface area contributed by atoms with Gasteiger partial charge in [0.1, 0.15) is 6.04 Å². The van der Waals surface area contributed by atoms with Crippen molar-refractivity contribution in [1.29, 1.82) is 0 Å². The minimum absolute atomic E-state index is 0.0730. The van der Waals surface area contributed by atoms with Gasteiger partial charge in [0.05, 0.1) is 0 Å². The number of carbonyl (C=O) groups is 1. The fourth-order valence-corrected chi connectivity index (χ4v) is 1.84. The van der Waals surface area contributed by atoms with Crippen LogP contribution in [-0.4, -0.2) is 24.2 Å². The number of likely N-dealkylation sites (N-methyl/N-ethyl adjacent to an activating group) is 1. The first kappa shape index (κ1) is 12.6. The van der Waals surface area contributed by atoms with Crippen molar-refractivity contribution in [2.75, 3.05) is 11.9 Å². The van der Waals surface area contributed by atoms with E-state index in [4.69, 9.17) is 0 Å². The van der Waals surface area contributed by atoms with Crippen LogP contribution in [0.3, 0.4) is 0 Å². The van der Waals surface area contributed by atoms with E-state index in [0.29, 0.717) is 0 Å². The summed E-state index contributed by atoms with van der Waals surface area (Å²) in [5.74, 6) is -0.707. The number of hydrogen-bond acceptors (Lipinski definition) is 2. The second-order valence-electron chi connectivity index (χ2n) is 4.47. The smallest absolute Gasteiger partial charge is 0.326 e. The monoisotopic (exact) mass is 221 g/mol. The van der Waals surface area contributed by atoms with E-state index < -0.39 is 12.0 Å². The summed E-state index contributed by atoms with van der Waals surface area (Å²) >= 11 is 0. The maximum atomic E-state index is 11.2. The third-order valence-corrected chi connectivity index (χ3v) is 2.74. The molecule has 0 heterocycles. The molecule has 0 saturated carbocycles. The quantitative estimate of drug-likeness (QED) is 0.849. The number of carboxylic acid groups (broad SMARTS) is 1. The van der Waals surface area contributed by atoms with E-state index in [1.54, 1.807) is 0 Å². The highest BCUT2D eigenvalue weighted by Crippen LogP contribution is 2.19. The molecule has 3 heteroatoms. The summed E-state index contributed by atoms with van der Waals surface area (Å²) in [7, 11) is 1.82. The number of hydrogen-bond donors (Lipinski definition) is 1. The van der Waals surface area contributed by atoms with Gasteiger partial charge in [0.2, 0.25) is 0 Å². The predicted molar refractivity (Wildman–Crippen MR) is 65.8 cm³/mol. The van der Waals surface area contributed by atoms with Gasteiger partial charge in [0.25, 0.3) is 0 Å². The van der Waals surface area contributed by atoms with Gasteiger partial charge in [-0.25, -0.2) is 4.79 Å². The molecule has 1 aromatic carbocycles. The lowest BCUT2D eigenvalue weighted by molar-refractivity contribution is -0.139. The van der Waals surface area contributed by atoms with E-state index in [-0.39, 0.29) is 5.92 Å². The van der Waals surface area contributed by atoms with E-state index in [2.05, 4.69) is 0 Å². The Kier molecular flexibility index (Phi) is 3.93. The molecule has 0 aliphatic rings. The minimum atomic E-state index is -0.780. The molecule has 1 atom stereocenters. The zero-order valence-corrected chi connectivity index (χ0v) is 10.3. The summed E-state index contributed by atoms with van der Waals surface area (Å²) in [5, 5.41) is 9.19. The molecule has 0 spiro atoms. The third-order valence-electron chi connectivity index (χ3n) is 2.74. The molecule has 0 aliphatic carbocycles. The SMILES string of the molecule is Cc1ccc(N(C)[C@H](C(=O)O)C(C)C)cc1. The highest BCUT2D eigenvalue weighted by molar-refractivity contribution is 5.78. The number of nitrogens with zero attached hydrogens (tertiary/aromatic N) is 1. The van der Waals surface area contributed by atoms with Crippen molar-refractivity contribution in [2.24, 2.45) is 5.92 Å². The van der Waals surface area contributed by atoms with Crippen molar-refractivity contribution in [1.82, 2.24) is 0 Å². The van der Waals surface area contributed by atoms with Gasteiger partial charge in [0, 0.05) is 12.7 Å². The second kappa shape index (κ2) is 5.01. The van der Waals surface area contributed by atoms with Crippen LogP contribution >= 0.6 is 0 Å². The molecule has 88 valence electrons. The van der Waals surface area contributed by atoms with Gasteiger partial charge in [-0.2, -0.15) is 0 Å². The van der Waals surface area contributed by atoms with E-state index >= 15 is 0 Å². The molecule has 0 unspecified atom stereocenters. The Morgan fingerprint density at radius 1 is 1.25 bits per heavy atom. The summed E-state index contributed by atoms with van der Waals surface area (Å²) in [4.78, 5) is 13.0. The van der Waals surface area contributed by atoms with Crippen LogP contribution in [0, 0.1) is 12.8 Å². The highest BCUT2D eigenvalue weighted by atomic mass is 16.4. The van der Waals surface area contributed by atoms with Crippen molar-refractivity contribution in [3.63, 3.8) is 0 Å². The summed E-state index contributed by atoms with van der Waals surface area (Å²) in [6.45, 7) is 5.86. The molecule has 0 amide bonds. The van der Waals surface area contributed by atoms with Crippen LogP contribution in [0.5, 0.6) is 0 Å². The molecule has 0 saturated heterocycles. The molecule has 1 rings (SSSR count). The molecule has 1 N–H and O–H groups in total. The van der Waals surface area contributed by atoms with Gasteiger partial charge in [-0.3, -0.25) is 0 Å². The average Bonchev–Trinajstić information content (AvgIpc) is 2.17. The van der Waals surface area contributed by atoms with Crippen molar-refractivity contribution in [3.05, 3.63) is 29.8 Å². The van der Waals surface area contributed by atoms with Crippen molar-refractivity contribution in [3.8, 4) is 0 Å². The summed E-state index contributed by atoms with van der Waals surface area (Å²) in [5.41, 5.74) is 2.11. The summed E-state index contributed by atoms with van der Waals surface area (Å²) in [6.07, 6.45) is 0. The number of anilines is 1. The standard InChI is InChI=1S/C13H19NO2/c1-9(2)12(13(15)16)14(4)11-7-5-10(3)6-8-11/h5-9,12H,1-4H3,(H,15,16)/t12-/m0/s1. The number of aliphatic carboxylic acids is 1. The number of benzene rings is 1. The third kappa shape index (κ3) is 2.75. The van der Waals surface area contributed by atoms with Crippen LogP contribution in [0.2, 0.25) is 0 Å². The fraction of sp³-hybridized carbons (Fsp3) is 0.462. The zero-order valence-electron chi connectivity index (χ0n) is 10.3. The van der Waals surface area contributed by atoms with E-state index in [1.165, 1.54) is 5.56 Å². The number of carboxylic acids is 1. The predicted octanol–water partition coefficient (Wildman–Crippen LogP) is 2.54. The van der Waals surface area contributed by atoms with E-state index in [9.17, 15) is 9.90 Å². The van der Waals surface area contributed by atoms with Gasteiger partial charge in [0.15, 0.2) is 0 Å². The molecule has 0 aliphatic heterocycles. The maximum Gasteiger partial charge on any atom is 0.326 e. The fourth-order valence-electron chi connectivity index (χ4n) is 1.84. The lowest BCUT2D eigenvalue weighted by Crippen LogP contribution is -2.42. The number of rotatable bonds is 4. The Morgan fingerprint density at radius 2 is 1.75 bits per heavy atom. The highest BCUT2D eigenvalue weighted by Gasteiger charge is 2.26. The van der Waals surface area contributed by atoms with E-state index in [1.807, 2.05) is 57.0 Å². The first-order chi connectivity index (χ1) is 7.43. The second-order valence-corrected chi connectivity index (χ2v) is 4.47. The molecular weight excluding hydrogens is 202 g/mol. The minimum Gasteiger partial charge on any atom is -0.480 e. The summed E-state index contributed by atoms with van der Waals surface area (Å²) in [6, 6.07) is 7.40. The molecule has 0 fully saturated rings. The number of aryl methyl sites for hydroxylation is 1. The Balaban J connectivity index is 2.94. The maximum absolute atomic E-state index is 11.2. The molecule has 16 heavy (non-hydrogen) atoms. The Bertz CT molecular complexity index is 357.